The highest BCUT2D eigenvalue weighted by molar-refractivity contribution is 6.39. The number of nitro benzene ring substituents is 2. The van der Waals surface area contributed by atoms with E-state index < -0.39 is 50.5 Å². The first-order chi connectivity index (χ1) is 17.1. The van der Waals surface area contributed by atoms with E-state index in [0.717, 1.165) is 30.3 Å². The third-order valence-corrected chi connectivity index (χ3v) is 4.94. The fourth-order valence-electron chi connectivity index (χ4n) is 3.28. The predicted molar refractivity (Wildman–Crippen MR) is 122 cm³/mol. The van der Waals surface area contributed by atoms with Gasteiger partial charge in [-0.2, -0.15) is 0 Å². The third-order valence-electron chi connectivity index (χ3n) is 4.94. The number of benzene rings is 3. The zero-order valence-electron chi connectivity index (χ0n) is 17.9. The molecule has 0 radical (unpaired) electrons. The van der Waals surface area contributed by atoms with Crippen molar-refractivity contribution in [3.8, 4) is 11.5 Å². The number of ether oxygens (including phenoxy) is 1. The van der Waals surface area contributed by atoms with Gasteiger partial charge in [0.25, 0.3) is 17.5 Å². The molecule has 4 rings (SSSR count). The SMILES string of the molecule is O=C1NC(=O)N(c2cccc(F)c2)C(=O)/C1=C/c1ccc(Oc2ccc([N+](=O)[O-])cc2[N+](=O)[O-])cc1. The minimum atomic E-state index is -1.03. The highest BCUT2D eigenvalue weighted by Crippen LogP contribution is 2.34. The van der Waals surface area contributed by atoms with E-state index in [1.165, 1.54) is 42.5 Å². The van der Waals surface area contributed by atoms with Crippen LogP contribution in [0.1, 0.15) is 5.56 Å². The van der Waals surface area contributed by atoms with Crippen LogP contribution in [0.4, 0.5) is 26.2 Å². The van der Waals surface area contributed by atoms with E-state index in [2.05, 4.69) is 0 Å². The van der Waals surface area contributed by atoms with E-state index in [1.54, 1.807) is 0 Å². The molecule has 0 aliphatic carbocycles. The molecule has 0 bridgehead atoms. The van der Waals surface area contributed by atoms with Crippen molar-refractivity contribution in [2.75, 3.05) is 4.90 Å². The Labute approximate surface area is 200 Å². The first-order valence-corrected chi connectivity index (χ1v) is 10.0. The molecule has 1 heterocycles. The van der Waals surface area contributed by atoms with Crippen molar-refractivity contribution in [2.24, 2.45) is 0 Å². The standard InChI is InChI=1S/C23H13FN4O8/c24-14-2-1-3-15(11-14)26-22(30)18(21(29)25-23(26)31)10-13-4-7-17(8-5-13)36-20-9-6-16(27(32)33)12-19(20)28(34)35/h1-12H,(H,25,29,31)/b18-10+. The van der Waals surface area contributed by atoms with Crippen LogP contribution in [0, 0.1) is 26.0 Å². The molecule has 180 valence electrons. The van der Waals surface area contributed by atoms with Gasteiger partial charge in [-0.1, -0.05) is 18.2 Å². The quantitative estimate of drug-likeness (QED) is 0.233. The molecule has 3 aromatic rings. The maximum atomic E-state index is 13.6. The van der Waals surface area contributed by atoms with Crippen molar-refractivity contribution in [1.82, 2.24) is 5.32 Å². The molecule has 0 atom stereocenters. The summed E-state index contributed by atoms with van der Waals surface area (Å²) >= 11 is 0. The molecule has 36 heavy (non-hydrogen) atoms. The summed E-state index contributed by atoms with van der Waals surface area (Å²) in [7, 11) is 0. The third kappa shape index (κ3) is 4.75. The Morgan fingerprint density at radius 2 is 1.64 bits per heavy atom. The maximum Gasteiger partial charge on any atom is 0.335 e. The number of rotatable bonds is 6. The Bertz CT molecular complexity index is 1470. The van der Waals surface area contributed by atoms with Crippen LogP contribution in [0.25, 0.3) is 6.08 Å². The van der Waals surface area contributed by atoms with Crippen molar-refractivity contribution >= 4 is 41.0 Å². The maximum absolute atomic E-state index is 13.6. The topological polar surface area (TPSA) is 162 Å². The van der Waals surface area contributed by atoms with Crippen molar-refractivity contribution in [3.63, 3.8) is 0 Å². The van der Waals surface area contributed by atoms with Crippen molar-refractivity contribution in [2.45, 2.75) is 0 Å². The van der Waals surface area contributed by atoms with Crippen LogP contribution in [-0.4, -0.2) is 27.7 Å². The second-order valence-electron chi connectivity index (χ2n) is 7.28. The fraction of sp³-hybridized carbons (Fsp3) is 0. The molecule has 13 heteroatoms. The summed E-state index contributed by atoms with van der Waals surface area (Å²) < 4.78 is 19.1. The van der Waals surface area contributed by atoms with Gasteiger partial charge in [-0.15, -0.1) is 0 Å². The normalized spacial score (nSPS) is 14.5. The van der Waals surface area contributed by atoms with Gasteiger partial charge in [0.05, 0.1) is 21.6 Å². The van der Waals surface area contributed by atoms with Gasteiger partial charge in [-0.3, -0.25) is 35.1 Å². The molecular formula is C23H13FN4O8. The molecule has 0 saturated carbocycles. The highest BCUT2D eigenvalue weighted by Gasteiger charge is 2.37. The van der Waals surface area contributed by atoms with E-state index in [-0.39, 0.29) is 17.2 Å². The monoisotopic (exact) mass is 492 g/mol. The van der Waals surface area contributed by atoms with E-state index >= 15 is 0 Å². The fourth-order valence-corrected chi connectivity index (χ4v) is 3.28. The number of halogens is 1. The van der Waals surface area contributed by atoms with Gasteiger partial charge in [0, 0.05) is 6.07 Å². The second-order valence-corrected chi connectivity index (χ2v) is 7.28. The van der Waals surface area contributed by atoms with Gasteiger partial charge in [0.15, 0.2) is 0 Å². The van der Waals surface area contributed by atoms with Crippen molar-refractivity contribution in [1.29, 1.82) is 0 Å². The molecule has 1 N–H and O–H groups in total. The van der Waals surface area contributed by atoms with Gasteiger partial charge >= 0.3 is 11.7 Å². The highest BCUT2D eigenvalue weighted by atomic mass is 19.1. The zero-order chi connectivity index (χ0) is 26.0. The number of amides is 4. The summed E-state index contributed by atoms with van der Waals surface area (Å²) in [5.74, 6) is -2.69. The van der Waals surface area contributed by atoms with Crippen molar-refractivity contribution in [3.05, 3.63) is 104 Å². The number of imide groups is 2. The van der Waals surface area contributed by atoms with Gasteiger partial charge in [-0.05, 0) is 48.0 Å². The van der Waals surface area contributed by atoms with Gasteiger partial charge < -0.3 is 4.74 Å². The van der Waals surface area contributed by atoms with Crippen LogP contribution < -0.4 is 15.0 Å². The number of carbonyl (C=O) groups is 3. The number of nitrogens with one attached hydrogen (secondary N) is 1. The average molecular weight is 492 g/mol. The first-order valence-electron chi connectivity index (χ1n) is 10.0. The second kappa shape index (κ2) is 9.42. The number of urea groups is 1. The van der Waals surface area contributed by atoms with Crippen LogP contribution in [0.2, 0.25) is 0 Å². The molecular weight excluding hydrogens is 479 g/mol. The molecule has 3 aromatic carbocycles. The molecule has 4 amide bonds. The van der Waals surface area contributed by atoms with Gasteiger partial charge in [0.2, 0.25) is 5.75 Å². The van der Waals surface area contributed by atoms with Crippen molar-refractivity contribution < 1.29 is 33.4 Å². The number of non-ortho nitro benzene ring substituents is 1. The number of nitrogens with zero attached hydrogens (tertiary/aromatic N) is 3. The first kappa shape index (κ1) is 23.7. The number of barbiturate groups is 1. The minimum Gasteiger partial charge on any atom is -0.450 e. The lowest BCUT2D eigenvalue weighted by molar-refractivity contribution is -0.394. The van der Waals surface area contributed by atoms with E-state index in [9.17, 15) is 39.0 Å². The van der Waals surface area contributed by atoms with Crippen LogP contribution >= 0.6 is 0 Å². The van der Waals surface area contributed by atoms with Crippen LogP contribution in [0.3, 0.4) is 0 Å². The Morgan fingerprint density at radius 1 is 0.917 bits per heavy atom. The summed E-state index contributed by atoms with van der Waals surface area (Å²) in [5.41, 5.74) is -1.20. The lowest BCUT2D eigenvalue weighted by Crippen LogP contribution is -2.54. The summed E-state index contributed by atoms with van der Waals surface area (Å²) in [6.45, 7) is 0. The molecule has 0 unspecified atom stereocenters. The summed E-state index contributed by atoms with van der Waals surface area (Å²) in [6, 6.07) is 12.3. The lowest BCUT2D eigenvalue weighted by Gasteiger charge is -2.26. The molecule has 1 saturated heterocycles. The number of carbonyl (C=O) groups excluding carboxylic acids is 3. The number of hydrogen-bond donors (Lipinski definition) is 1. The molecule has 1 fully saturated rings. The lowest BCUT2D eigenvalue weighted by atomic mass is 10.1. The molecule has 1 aliphatic rings. The summed E-state index contributed by atoms with van der Waals surface area (Å²) in [6.07, 6.45) is 1.20. The Hall–Kier alpha value is -5.46. The number of nitro groups is 2. The number of anilines is 1. The molecule has 0 aromatic heterocycles. The Morgan fingerprint density at radius 3 is 2.28 bits per heavy atom. The zero-order valence-corrected chi connectivity index (χ0v) is 17.9. The van der Waals surface area contributed by atoms with Crippen LogP contribution in [-0.2, 0) is 9.59 Å². The molecule has 0 spiro atoms. The van der Waals surface area contributed by atoms with Crippen LogP contribution in [0.15, 0.2) is 72.3 Å². The van der Waals surface area contributed by atoms with Gasteiger partial charge in [-0.25, -0.2) is 14.1 Å². The Kier molecular flexibility index (Phi) is 6.20. The van der Waals surface area contributed by atoms with E-state index in [1.807, 2.05) is 5.32 Å². The summed E-state index contributed by atoms with van der Waals surface area (Å²) in [4.78, 5) is 58.5. The van der Waals surface area contributed by atoms with Gasteiger partial charge in [0.1, 0.15) is 17.1 Å². The molecule has 1 aliphatic heterocycles. The van der Waals surface area contributed by atoms with E-state index in [0.29, 0.717) is 10.5 Å². The van der Waals surface area contributed by atoms with Crippen LogP contribution in [0.5, 0.6) is 11.5 Å². The molecule has 12 nitrogen and oxygen atoms in total. The average Bonchev–Trinajstić information content (AvgIpc) is 2.82. The minimum absolute atomic E-state index is 0.0654. The Balaban J connectivity index is 1.59. The largest absolute Gasteiger partial charge is 0.450 e. The van der Waals surface area contributed by atoms with E-state index in [4.69, 9.17) is 4.74 Å². The predicted octanol–water partition coefficient (Wildman–Crippen LogP) is 4.10. The summed E-state index contributed by atoms with van der Waals surface area (Å²) in [5, 5.41) is 24.2. The smallest absolute Gasteiger partial charge is 0.335 e. The number of hydrogen-bond acceptors (Lipinski definition) is 8.